The van der Waals surface area contributed by atoms with Gasteiger partial charge in [-0.05, 0) is 61.4 Å². The van der Waals surface area contributed by atoms with Crippen LogP contribution in [0.2, 0.25) is 0 Å². The number of benzene rings is 2. The minimum Gasteiger partial charge on any atom is -0.281 e. The summed E-state index contributed by atoms with van der Waals surface area (Å²) in [5.74, 6) is 0.385. The van der Waals surface area contributed by atoms with Crippen LogP contribution < -0.4 is 0 Å². The van der Waals surface area contributed by atoms with Crippen LogP contribution in [-0.4, -0.2) is 22.9 Å². The zero-order valence-electron chi connectivity index (χ0n) is 17.4. The monoisotopic (exact) mass is 490 g/mol. The Morgan fingerprint density at radius 3 is 2.24 bits per heavy atom. The van der Waals surface area contributed by atoms with Crippen LogP contribution in [0.5, 0.6) is 0 Å². The van der Waals surface area contributed by atoms with Crippen molar-refractivity contribution in [2.75, 3.05) is 0 Å². The van der Waals surface area contributed by atoms with E-state index >= 15 is 0 Å². The Balaban J connectivity index is 1.74. The maximum absolute atomic E-state index is 13.1. The number of rotatable bonds is 4. The van der Waals surface area contributed by atoms with Gasteiger partial charge in [0.25, 0.3) is 0 Å². The molecule has 170 valence electrons. The van der Waals surface area contributed by atoms with Gasteiger partial charge in [-0.2, -0.15) is 21.6 Å². The van der Waals surface area contributed by atoms with Crippen molar-refractivity contribution in [1.29, 1.82) is 0 Å². The number of aryl methyl sites for hydroxylation is 2. The Bertz CT molecular complexity index is 1460. The number of nitrogens with zero attached hydrogens (tertiary/aromatic N) is 2. The van der Waals surface area contributed by atoms with Crippen molar-refractivity contribution in [2.45, 2.75) is 24.2 Å². The summed E-state index contributed by atoms with van der Waals surface area (Å²) in [7, 11) is -4.29. The number of halogens is 3. The molecule has 0 radical (unpaired) electrons. The van der Waals surface area contributed by atoms with E-state index in [1.807, 2.05) is 0 Å². The van der Waals surface area contributed by atoms with Gasteiger partial charge in [0, 0.05) is 21.7 Å². The first-order valence-electron chi connectivity index (χ1n) is 9.64. The summed E-state index contributed by atoms with van der Waals surface area (Å²) >= 11 is 0.934. The van der Waals surface area contributed by atoms with Gasteiger partial charge in [-0.25, -0.2) is 9.97 Å². The largest absolute Gasteiger partial charge is 0.416 e. The van der Waals surface area contributed by atoms with Gasteiger partial charge in [-0.1, -0.05) is 24.3 Å². The average Bonchev–Trinajstić information content (AvgIpc) is 3.23. The smallest absolute Gasteiger partial charge is 0.281 e. The van der Waals surface area contributed by atoms with Gasteiger partial charge in [-0.3, -0.25) is 4.55 Å². The van der Waals surface area contributed by atoms with Gasteiger partial charge in [-0.15, -0.1) is 11.3 Å². The molecule has 4 aromatic rings. The van der Waals surface area contributed by atoms with Gasteiger partial charge in [0.15, 0.2) is 5.82 Å². The molecule has 0 saturated carbocycles. The average molecular weight is 491 g/mol. The van der Waals surface area contributed by atoms with E-state index in [1.165, 1.54) is 25.1 Å². The highest BCUT2D eigenvalue weighted by Crippen LogP contribution is 2.35. The number of alkyl halides is 3. The van der Waals surface area contributed by atoms with Gasteiger partial charge >= 0.3 is 16.3 Å². The summed E-state index contributed by atoms with van der Waals surface area (Å²) < 4.78 is 71.1. The normalized spacial score (nSPS) is 12.2. The highest BCUT2D eigenvalue weighted by Gasteiger charge is 2.32. The first kappa shape index (κ1) is 23.1. The lowest BCUT2D eigenvalue weighted by Gasteiger charge is -2.12. The van der Waals surface area contributed by atoms with Crippen LogP contribution in [0.15, 0.2) is 64.9 Å². The molecule has 2 heterocycles. The van der Waals surface area contributed by atoms with Gasteiger partial charge < -0.3 is 0 Å². The first-order chi connectivity index (χ1) is 15.4. The molecule has 0 aliphatic carbocycles. The molecule has 10 heteroatoms. The third-order valence-corrected chi connectivity index (χ3v) is 7.38. The topological polar surface area (TPSA) is 80.2 Å². The molecule has 33 heavy (non-hydrogen) atoms. The van der Waals surface area contributed by atoms with Crippen molar-refractivity contribution in [3.63, 3.8) is 0 Å². The Morgan fingerprint density at radius 1 is 0.879 bits per heavy atom. The summed E-state index contributed by atoms with van der Waals surface area (Å²) in [5.41, 5.74) is 2.45. The molecule has 0 bridgehead atoms. The van der Waals surface area contributed by atoms with Crippen LogP contribution in [0, 0.1) is 13.8 Å². The molecule has 2 aromatic heterocycles. The van der Waals surface area contributed by atoms with Crippen molar-refractivity contribution in [3.05, 3.63) is 77.5 Å². The van der Waals surface area contributed by atoms with E-state index in [2.05, 4.69) is 9.97 Å². The maximum Gasteiger partial charge on any atom is 0.416 e. The van der Waals surface area contributed by atoms with Gasteiger partial charge in [0.2, 0.25) is 0 Å². The Morgan fingerprint density at radius 2 is 1.61 bits per heavy atom. The number of hydrogen-bond donors (Lipinski definition) is 1. The summed E-state index contributed by atoms with van der Waals surface area (Å²) in [6.45, 7) is 3.18. The van der Waals surface area contributed by atoms with E-state index in [0.29, 0.717) is 38.8 Å². The minimum absolute atomic E-state index is 0.104. The Labute approximate surface area is 192 Å². The van der Waals surface area contributed by atoms with Crippen molar-refractivity contribution < 1.29 is 26.1 Å². The van der Waals surface area contributed by atoms with Crippen LogP contribution in [0.4, 0.5) is 13.2 Å². The van der Waals surface area contributed by atoms with E-state index in [9.17, 15) is 26.1 Å². The number of aromatic nitrogens is 2. The molecular weight excluding hydrogens is 473 g/mol. The molecule has 0 atom stereocenters. The first-order valence-corrected chi connectivity index (χ1v) is 11.9. The summed E-state index contributed by atoms with van der Waals surface area (Å²) in [6, 6.07) is 15.7. The standard InChI is InChI=1S/C23H17F3N2O3S2/c1-13-10-15(6-7-18(13)23(24,25)26)19-11-14(2)27-22(28-19)17-5-3-4-16(12-17)20-8-9-21(32-20)33(29,30)31/h3-12H,1-2H3,(H,29,30,31). The van der Waals surface area contributed by atoms with Crippen LogP contribution in [0.1, 0.15) is 16.8 Å². The summed E-state index contributed by atoms with van der Waals surface area (Å²) in [6.07, 6.45) is -4.42. The second-order valence-electron chi connectivity index (χ2n) is 7.42. The SMILES string of the molecule is Cc1cc(-c2ccc(C(F)(F)F)c(C)c2)nc(-c2cccc(-c3ccc(S(=O)(=O)O)s3)c2)n1. The minimum atomic E-state index is -4.42. The van der Waals surface area contributed by atoms with E-state index in [-0.39, 0.29) is 9.77 Å². The molecule has 0 amide bonds. The highest BCUT2D eigenvalue weighted by molar-refractivity contribution is 7.88. The van der Waals surface area contributed by atoms with Gasteiger partial charge in [0.1, 0.15) is 4.21 Å². The molecule has 0 aliphatic heterocycles. The van der Waals surface area contributed by atoms with Crippen LogP contribution in [0.3, 0.4) is 0 Å². The molecule has 0 aliphatic rings. The van der Waals surface area contributed by atoms with Crippen LogP contribution in [-0.2, 0) is 16.3 Å². The molecule has 2 aromatic carbocycles. The van der Waals surface area contributed by atoms with Crippen molar-refractivity contribution in [2.24, 2.45) is 0 Å². The lowest BCUT2D eigenvalue weighted by molar-refractivity contribution is -0.138. The van der Waals surface area contributed by atoms with Crippen molar-refractivity contribution in [3.8, 4) is 33.1 Å². The predicted molar refractivity (Wildman–Crippen MR) is 121 cm³/mol. The lowest BCUT2D eigenvalue weighted by Crippen LogP contribution is -2.07. The molecule has 0 saturated heterocycles. The van der Waals surface area contributed by atoms with E-state index in [1.54, 1.807) is 43.3 Å². The Hall–Kier alpha value is -3.08. The second-order valence-corrected chi connectivity index (χ2v) is 10.2. The lowest BCUT2D eigenvalue weighted by atomic mass is 10.0. The van der Waals surface area contributed by atoms with Crippen LogP contribution in [0.25, 0.3) is 33.1 Å². The fourth-order valence-corrected chi connectivity index (χ4v) is 5.08. The number of thiophene rings is 1. The fraction of sp³-hybridized carbons (Fsp3) is 0.130. The Kier molecular flexibility index (Phi) is 5.85. The quantitative estimate of drug-likeness (QED) is 0.334. The predicted octanol–water partition coefficient (Wildman–Crippen LogP) is 6.42. The van der Waals surface area contributed by atoms with E-state index in [4.69, 9.17) is 0 Å². The molecule has 4 rings (SSSR count). The molecule has 5 nitrogen and oxygen atoms in total. The molecule has 1 N–H and O–H groups in total. The summed E-state index contributed by atoms with van der Waals surface area (Å²) in [4.78, 5) is 9.66. The van der Waals surface area contributed by atoms with E-state index in [0.717, 1.165) is 17.4 Å². The zero-order chi connectivity index (χ0) is 24.0. The zero-order valence-corrected chi connectivity index (χ0v) is 19.0. The maximum atomic E-state index is 13.1. The third-order valence-electron chi connectivity index (χ3n) is 4.92. The van der Waals surface area contributed by atoms with Crippen molar-refractivity contribution >= 4 is 21.5 Å². The van der Waals surface area contributed by atoms with E-state index < -0.39 is 21.9 Å². The number of hydrogen-bond acceptors (Lipinski definition) is 5. The highest BCUT2D eigenvalue weighted by atomic mass is 32.3. The van der Waals surface area contributed by atoms with Crippen molar-refractivity contribution in [1.82, 2.24) is 9.97 Å². The van der Waals surface area contributed by atoms with Gasteiger partial charge in [0.05, 0.1) is 11.3 Å². The second kappa shape index (κ2) is 8.36. The molecule has 0 fully saturated rings. The third kappa shape index (κ3) is 4.97. The summed E-state index contributed by atoms with van der Waals surface area (Å²) in [5, 5.41) is 0. The fourth-order valence-electron chi connectivity index (χ4n) is 3.41. The van der Waals surface area contributed by atoms with Crippen LogP contribution >= 0.6 is 11.3 Å². The molecule has 0 unspecified atom stereocenters. The molecular formula is C23H17F3N2O3S2. The molecule has 0 spiro atoms.